The van der Waals surface area contributed by atoms with Gasteiger partial charge in [0.1, 0.15) is 12.4 Å². The summed E-state index contributed by atoms with van der Waals surface area (Å²) < 4.78 is 5.86. The van der Waals surface area contributed by atoms with Crippen molar-refractivity contribution in [2.75, 3.05) is 26.2 Å². The number of aliphatic hydroxyl groups is 1. The predicted molar refractivity (Wildman–Crippen MR) is 108 cm³/mol. The van der Waals surface area contributed by atoms with Gasteiger partial charge in [-0.25, -0.2) is 0 Å². The average molecular weight is 387 g/mol. The molecule has 0 aromatic heterocycles. The summed E-state index contributed by atoms with van der Waals surface area (Å²) in [5.41, 5.74) is 3.64. The quantitative estimate of drug-likeness (QED) is 0.549. The first-order chi connectivity index (χ1) is 11.3. The lowest BCUT2D eigenvalue weighted by Gasteiger charge is -2.09. The smallest absolute Gasteiger partial charge is 0.120 e. The molecule has 2 aromatic rings. The second-order valence-electron chi connectivity index (χ2n) is 5.57. The van der Waals surface area contributed by atoms with Crippen LogP contribution in [0.15, 0.2) is 48.5 Å². The number of hydrogen-bond acceptors (Lipinski definition) is 4. The van der Waals surface area contributed by atoms with E-state index in [0.717, 1.165) is 25.4 Å². The molecule has 4 nitrogen and oxygen atoms in total. The summed E-state index contributed by atoms with van der Waals surface area (Å²) in [5.74, 6) is 0.892. The average Bonchev–Trinajstić information content (AvgIpc) is 2.58. The fraction of sp³-hybridized carbons (Fsp3) is 0.368. The molecule has 2 aromatic carbocycles. The van der Waals surface area contributed by atoms with Gasteiger partial charge in [0.05, 0.1) is 6.61 Å². The van der Waals surface area contributed by atoms with Crippen molar-refractivity contribution in [3.63, 3.8) is 0 Å². The van der Waals surface area contributed by atoms with E-state index in [2.05, 4.69) is 54.0 Å². The summed E-state index contributed by atoms with van der Waals surface area (Å²) in [6.07, 6.45) is 0. The summed E-state index contributed by atoms with van der Waals surface area (Å²) >= 11 is 0. The van der Waals surface area contributed by atoms with Crippen LogP contribution < -0.4 is 15.4 Å². The van der Waals surface area contributed by atoms with E-state index in [4.69, 9.17) is 9.84 Å². The summed E-state index contributed by atoms with van der Waals surface area (Å²) in [5, 5.41) is 15.2. The topological polar surface area (TPSA) is 53.5 Å². The Labute approximate surface area is 162 Å². The third-order valence-corrected chi connectivity index (χ3v) is 3.52. The first-order valence-electron chi connectivity index (χ1n) is 8.07. The van der Waals surface area contributed by atoms with Crippen LogP contribution in [0.2, 0.25) is 0 Å². The monoisotopic (exact) mass is 386 g/mol. The summed E-state index contributed by atoms with van der Waals surface area (Å²) in [6, 6.07) is 16.6. The molecule has 25 heavy (non-hydrogen) atoms. The Morgan fingerprint density at radius 1 is 0.880 bits per heavy atom. The molecule has 0 spiro atoms. The van der Waals surface area contributed by atoms with Crippen LogP contribution in [0.5, 0.6) is 5.75 Å². The van der Waals surface area contributed by atoms with Crippen LogP contribution in [0.1, 0.15) is 16.7 Å². The lowest BCUT2D eigenvalue weighted by Crippen LogP contribution is -2.28. The van der Waals surface area contributed by atoms with Crippen LogP contribution in [0.3, 0.4) is 0 Å². The number of hydrogen-bond donors (Lipinski definition) is 3. The zero-order valence-corrected chi connectivity index (χ0v) is 16.2. The van der Waals surface area contributed by atoms with Gasteiger partial charge in [-0.1, -0.05) is 42.0 Å². The van der Waals surface area contributed by atoms with Crippen molar-refractivity contribution in [3.05, 3.63) is 65.2 Å². The van der Waals surface area contributed by atoms with Crippen molar-refractivity contribution in [3.8, 4) is 5.75 Å². The number of nitrogens with one attached hydrogen (secondary N) is 2. The lowest BCUT2D eigenvalue weighted by molar-refractivity contribution is 0.292. The van der Waals surface area contributed by atoms with Gasteiger partial charge in [-0.3, -0.25) is 0 Å². The Bertz CT molecular complexity index is 580. The fourth-order valence-corrected chi connectivity index (χ4v) is 2.21. The van der Waals surface area contributed by atoms with Crippen molar-refractivity contribution in [1.29, 1.82) is 0 Å². The molecule has 0 saturated carbocycles. The molecule has 140 valence electrons. The first kappa shape index (κ1) is 23.7. The molecule has 2 rings (SSSR count). The Hall–Kier alpha value is -1.30. The molecular weight excluding hydrogens is 359 g/mol. The molecule has 3 N–H and O–H groups in total. The highest BCUT2D eigenvalue weighted by molar-refractivity contribution is 5.85. The Morgan fingerprint density at radius 2 is 1.60 bits per heavy atom. The van der Waals surface area contributed by atoms with Crippen molar-refractivity contribution >= 4 is 24.8 Å². The van der Waals surface area contributed by atoms with Gasteiger partial charge in [-0.2, -0.15) is 0 Å². The van der Waals surface area contributed by atoms with Crippen LogP contribution in [-0.4, -0.2) is 31.3 Å². The van der Waals surface area contributed by atoms with Gasteiger partial charge in [0.25, 0.3) is 0 Å². The van der Waals surface area contributed by atoms with Crippen molar-refractivity contribution in [1.82, 2.24) is 10.6 Å². The van der Waals surface area contributed by atoms with E-state index < -0.39 is 0 Å². The van der Waals surface area contributed by atoms with Gasteiger partial charge in [0, 0.05) is 26.2 Å². The molecule has 0 atom stereocenters. The second kappa shape index (κ2) is 13.9. The lowest BCUT2D eigenvalue weighted by atomic mass is 10.2. The van der Waals surface area contributed by atoms with E-state index in [0.29, 0.717) is 13.2 Å². The van der Waals surface area contributed by atoms with Crippen LogP contribution in [0, 0.1) is 6.92 Å². The zero-order chi connectivity index (χ0) is 16.3. The maximum atomic E-state index is 8.68. The summed E-state index contributed by atoms with van der Waals surface area (Å²) in [4.78, 5) is 0. The Balaban J connectivity index is 0.00000288. The fourth-order valence-electron chi connectivity index (χ4n) is 2.21. The van der Waals surface area contributed by atoms with Gasteiger partial charge in [0.15, 0.2) is 0 Å². The van der Waals surface area contributed by atoms with Crippen molar-refractivity contribution < 1.29 is 9.84 Å². The van der Waals surface area contributed by atoms with Crippen molar-refractivity contribution in [2.45, 2.75) is 20.1 Å². The Kier molecular flexibility index (Phi) is 13.2. The van der Waals surface area contributed by atoms with E-state index >= 15 is 0 Å². The van der Waals surface area contributed by atoms with Gasteiger partial charge >= 0.3 is 0 Å². The van der Waals surface area contributed by atoms with Crippen molar-refractivity contribution in [2.24, 2.45) is 0 Å². The van der Waals surface area contributed by atoms with Crippen LogP contribution in [0.4, 0.5) is 0 Å². The third kappa shape index (κ3) is 9.68. The van der Waals surface area contributed by atoms with E-state index in [9.17, 15) is 0 Å². The van der Waals surface area contributed by atoms with E-state index in [1.165, 1.54) is 16.7 Å². The van der Waals surface area contributed by atoms with Gasteiger partial charge in [0.2, 0.25) is 0 Å². The maximum absolute atomic E-state index is 8.68. The number of aryl methyl sites for hydroxylation is 1. The highest BCUT2D eigenvalue weighted by Crippen LogP contribution is 2.15. The number of halogens is 2. The van der Waals surface area contributed by atoms with E-state index in [1.807, 2.05) is 12.1 Å². The zero-order valence-electron chi connectivity index (χ0n) is 14.5. The number of aliphatic hydroxyl groups excluding tert-OH is 1. The highest BCUT2D eigenvalue weighted by atomic mass is 35.5. The molecule has 0 heterocycles. The molecule has 0 saturated heterocycles. The number of benzene rings is 2. The molecule has 0 fully saturated rings. The predicted octanol–water partition coefficient (Wildman–Crippen LogP) is 3.09. The van der Waals surface area contributed by atoms with E-state index in [-0.39, 0.29) is 31.4 Å². The molecule has 0 aliphatic carbocycles. The van der Waals surface area contributed by atoms with Crippen LogP contribution in [-0.2, 0) is 13.2 Å². The normalized spacial score (nSPS) is 9.84. The Morgan fingerprint density at radius 3 is 2.32 bits per heavy atom. The molecular formula is C19H28Cl2N2O2. The molecule has 0 radical (unpaired) electrons. The first-order valence-corrected chi connectivity index (χ1v) is 8.07. The van der Waals surface area contributed by atoms with Gasteiger partial charge < -0.3 is 20.5 Å². The SMILES string of the molecule is Cc1ccc(COc2cccc(CNCCNCCO)c2)cc1.Cl.Cl. The second-order valence-corrected chi connectivity index (χ2v) is 5.57. The summed E-state index contributed by atoms with van der Waals surface area (Å²) in [7, 11) is 0. The molecule has 0 aliphatic rings. The van der Waals surface area contributed by atoms with Crippen LogP contribution in [0.25, 0.3) is 0 Å². The minimum atomic E-state index is 0. The van der Waals surface area contributed by atoms with Gasteiger partial charge in [-0.05, 0) is 30.2 Å². The van der Waals surface area contributed by atoms with Gasteiger partial charge in [-0.15, -0.1) is 24.8 Å². The minimum absolute atomic E-state index is 0. The minimum Gasteiger partial charge on any atom is -0.489 e. The summed E-state index contributed by atoms with van der Waals surface area (Å²) in [6.45, 7) is 6.02. The standard InChI is InChI=1S/C19H26N2O2.2ClH/c1-16-5-7-17(8-6-16)15-23-19-4-2-3-18(13-19)14-21-10-9-20-11-12-22;;/h2-8,13,20-22H,9-12,14-15H2,1H3;2*1H. The molecule has 0 unspecified atom stereocenters. The molecule has 0 aliphatic heterocycles. The molecule has 0 bridgehead atoms. The third-order valence-electron chi connectivity index (χ3n) is 3.52. The van der Waals surface area contributed by atoms with E-state index in [1.54, 1.807) is 0 Å². The van der Waals surface area contributed by atoms with Crippen LogP contribution >= 0.6 is 24.8 Å². The molecule has 0 amide bonds. The maximum Gasteiger partial charge on any atom is 0.120 e. The molecule has 6 heteroatoms. The number of rotatable bonds is 10. The number of ether oxygens (including phenoxy) is 1. The largest absolute Gasteiger partial charge is 0.489 e. The highest BCUT2D eigenvalue weighted by Gasteiger charge is 1.99.